The Morgan fingerprint density at radius 3 is 2.88 bits per heavy atom. The second kappa shape index (κ2) is 7.05. The van der Waals surface area contributed by atoms with E-state index in [1.165, 1.54) is 5.69 Å². The summed E-state index contributed by atoms with van der Waals surface area (Å²) in [5, 5.41) is 0. The monoisotopic (exact) mass is 352 g/mol. The lowest BCUT2D eigenvalue weighted by atomic mass is 10.1. The molecule has 0 aliphatic carbocycles. The van der Waals surface area contributed by atoms with Gasteiger partial charge in [-0.3, -0.25) is 9.69 Å². The molecule has 0 aromatic carbocycles. The second-order valence-electron chi connectivity index (χ2n) is 6.97. The molecule has 4 heterocycles. The summed E-state index contributed by atoms with van der Waals surface area (Å²) < 4.78 is 9.34. The molecule has 0 amide bonds. The lowest BCUT2D eigenvalue weighted by molar-refractivity contribution is 0.140. The van der Waals surface area contributed by atoms with Crippen LogP contribution in [0, 0.1) is 6.92 Å². The van der Waals surface area contributed by atoms with E-state index in [0.29, 0.717) is 0 Å². The smallest absolute Gasteiger partial charge is 0.253 e. The Labute approximate surface area is 152 Å². The molecule has 0 bridgehead atoms. The summed E-state index contributed by atoms with van der Waals surface area (Å²) in [6.07, 6.45) is 7.03. The maximum atomic E-state index is 12.0. The number of imidazole rings is 1. The van der Waals surface area contributed by atoms with Crippen molar-refractivity contribution in [3.63, 3.8) is 0 Å². The second-order valence-corrected chi connectivity index (χ2v) is 6.97. The molecule has 26 heavy (non-hydrogen) atoms. The Morgan fingerprint density at radius 1 is 1.15 bits per heavy atom. The fourth-order valence-electron chi connectivity index (χ4n) is 3.54. The van der Waals surface area contributed by atoms with E-state index in [1.54, 1.807) is 11.6 Å². The lowest BCUT2D eigenvalue weighted by Gasteiger charge is -2.18. The number of nitrogens with zero attached hydrogens (tertiary/aromatic N) is 4. The Bertz CT molecular complexity index is 955. The molecule has 0 atom stereocenters. The SMILES string of the molecule is Cc1cc(-c2ccc3ncc(CN4CCCOCC4)n3c2)cn(C)c1=O. The maximum Gasteiger partial charge on any atom is 0.253 e. The summed E-state index contributed by atoms with van der Waals surface area (Å²) in [6, 6.07) is 6.04. The first-order valence-corrected chi connectivity index (χ1v) is 9.05. The van der Waals surface area contributed by atoms with Crippen molar-refractivity contribution in [1.29, 1.82) is 0 Å². The van der Waals surface area contributed by atoms with Crippen LogP contribution in [0.2, 0.25) is 0 Å². The molecular weight excluding hydrogens is 328 g/mol. The molecule has 6 nitrogen and oxygen atoms in total. The largest absolute Gasteiger partial charge is 0.380 e. The Kier molecular flexibility index (Phi) is 4.61. The molecule has 4 rings (SSSR count). The van der Waals surface area contributed by atoms with Gasteiger partial charge in [0.2, 0.25) is 0 Å². The summed E-state index contributed by atoms with van der Waals surface area (Å²) in [7, 11) is 1.79. The first-order chi connectivity index (χ1) is 12.6. The van der Waals surface area contributed by atoms with E-state index in [-0.39, 0.29) is 5.56 Å². The zero-order valence-electron chi connectivity index (χ0n) is 15.3. The topological polar surface area (TPSA) is 51.8 Å². The van der Waals surface area contributed by atoms with Crippen LogP contribution in [0.25, 0.3) is 16.8 Å². The van der Waals surface area contributed by atoms with E-state index in [1.807, 2.05) is 31.5 Å². The number of hydrogen-bond acceptors (Lipinski definition) is 4. The zero-order valence-corrected chi connectivity index (χ0v) is 15.3. The van der Waals surface area contributed by atoms with Crippen LogP contribution < -0.4 is 5.56 Å². The summed E-state index contributed by atoms with van der Waals surface area (Å²) in [6.45, 7) is 6.35. The first kappa shape index (κ1) is 17.0. The van der Waals surface area contributed by atoms with Gasteiger partial charge in [0.1, 0.15) is 5.65 Å². The van der Waals surface area contributed by atoms with Crippen molar-refractivity contribution in [2.45, 2.75) is 19.9 Å². The third-order valence-corrected chi connectivity index (χ3v) is 4.98. The molecule has 0 unspecified atom stereocenters. The van der Waals surface area contributed by atoms with Gasteiger partial charge in [0.15, 0.2) is 0 Å². The van der Waals surface area contributed by atoms with Crippen molar-refractivity contribution in [1.82, 2.24) is 18.9 Å². The number of ether oxygens (including phenoxy) is 1. The quantitative estimate of drug-likeness (QED) is 0.725. The van der Waals surface area contributed by atoms with E-state index in [4.69, 9.17) is 4.74 Å². The molecule has 6 heteroatoms. The molecular formula is C20H24N4O2. The number of aromatic nitrogens is 3. The Morgan fingerprint density at radius 2 is 2.04 bits per heavy atom. The molecule has 0 radical (unpaired) electrons. The van der Waals surface area contributed by atoms with Crippen molar-refractivity contribution >= 4 is 5.65 Å². The van der Waals surface area contributed by atoms with Gasteiger partial charge in [-0.1, -0.05) is 0 Å². The average Bonchev–Trinajstić information content (AvgIpc) is 2.85. The predicted octanol–water partition coefficient (Wildman–Crippen LogP) is 2.23. The van der Waals surface area contributed by atoms with Crippen LogP contribution >= 0.6 is 0 Å². The molecule has 3 aromatic heterocycles. The molecule has 0 saturated carbocycles. The summed E-state index contributed by atoms with van der Waals surface area (Å²) in [5.41, 5.74) is 5.02. The van der Waals surface area contributed by atoms with Crippen molar-refractivity contribution in [3.05, 3.63) is 58.4 Å². The van der Waals surface area contributed by atoms with E-state index in [0.717, 1.165) is 61.6 Å². The number of fused-ring (bicyclic) bond motifs is 1. The van der Waals surface area contributed by atoms with Crippen LogP contribution in [-0.4, -0.2) is 45.2 Å². The number of aryl methyl sites for hydroxylation is 2. The van der Waals surface area contributed by atoms with Gasteiger partial charge >= 0.3 is 0 Å². The van der Waals surface area contributed by atoms with E-state index in [2.05, 4.69) is 26.5 Å². The van der Waals surface area contributed by atoms with Crippen LogP contribution in [0.3, 0.4) is 0 Å². The number of rotatable bonds is 3. The highest BCUT2D eigenvalue weighted by Gasteiger charge is 2.13. The Balaban J connectivity index is 1.69. The van der Waals surface area contributed by atoms with Gasteiger partial charge in [0.25, 0.3) is 5.56 Å². The van der Waals surface area contributed by atoms with E-state index >= 15 is 0 Å². The fourth-order valence-corrected chi connectivity index (χ4v) is 3.54. The summed E-state index contributed by atoms with van der Waals surface area (Å²) >= 11 is 0. The van der Waals surface area contributed by atoms with Crippen LogP contribution in [0.15, 0.2) is 41.6 Å². The van der Waals surface area contributed by atoms with Crippen LogP contribution in [0.4, 0.5) is 0 Å². The molecule has 1 fully saturated rings. The minimum absolute atomic E-state index is 0.0431. The van der Waals surface area contributed by atoms with E-state index < -0.39 is 0 Å². The minimum atomic E-state index is 0.0431. The highest BCUT2D eigenvalue weighted by atomic mass is 16.5. The van der Waals surface area contributed by atoms with E-state index in [9.17, 15) is 4.79 Å². The third-order valence-electron chi connectivity index (χ3n) is 4.98. The van der Waals surface area contributed by atoms with Crippen molar-refractivity contribution in [2.24, 2.45) is 7.05 Å². The molecule has 0 spiro atoms. The third kappa shape index (κ3) is 3.30. The van der Waals surface area contributed by atoms with Gasteiger partial charge < -0.3 is 13.7 Å². The summed E-state index contributed by atoms with van der Waals surface area (Å²) in [4.78, 5) is 18.9. The number of pyridine rings is 2. The normalized spacial score (nSPS) is 16.1. The minimum Gasteiger partial charge on any atom is -0.380 e. The molecule has 1 aliphatic rings. The Hall–Kier alpha value is -2.44. The molecule has 136 valence electrons. The van der Waals surface area contributed by atoms with Crippen LogP contribution in [-0.2, 0) is 18.3 Å². The van der Waals surface area contributed by atoms with Crippen LogP contribution in [0.5, 0.6) is 0 Å². The van der Waals surface area contributed by atoms with Gasteiger partial charge in [-0.2, -0.15) is 0 Å². The highest BCUT2D eigenvalue weighted by molar-refractivity contribution is 5.64. The van der Waals surface area contributed by atoms with Crippen molar-refractivity contribution < 1.29 is 4.74 Å². The van der Waals surface area contributed by atoms with Crippen molar-refractivity contribution in [2.75, 3.05) is 26.3 Å². The highest BCUT2D eigenvalue weighted by Crippen LogP contribution is 2.21. The van der Waals surface area contributed by atoms with Gasteiger partial charge in [-0.25, -0.2) is 4.98 Å². The van der Waals surface area contributed by atoms with Gasteiger partial charge in [0.05, 0.1) is 18.5 Å². The fraction of sp³-hybridized carbons (Fsp3) is 0.400. The molecule has 0 N–H and O–H groups in total. The molecule has 1 saturated heterocycles. The first-order valence-electron chi connectivity index (χ1n) is 9.05. The number of hydrogen-bond donors (Lipinski definition) is 0. The van der Waals surface area contributed by atoms with Gasteiger partial charge in [-0.05, 0) is 42.7 Å². The van der Waals surface area contributed by atoms with Gasteiger partial charge in [0, 0.05) is 51.2 Å². The lowest BCUT2D eigenvalue weighted by Crippen LogP contribution is -2.26. The summed E-state index contributed by atoms with van der Waals surface area (Å²) in [5.74, 6) is 0. The molecule has 1 aliphatic heterocycles. The molecule has 3 aromatic rings. The standard InChI is InChI=1S/C20H24N4O2/c1-15-10-17(12-22(2)20(15)25)16-4-5-19-21-11-18(24(19)13-16)14-23-6-3-8-26-9-7-23/h4-5,10-13H,3,6-9,14H2,1-2H3. The average molecular weight is 352 g/mol. The van der Waals surface area contributed by atoms with Crippen molar-refractivity contribution in [3.8, 4) is 11.1 Å². The zero-order chi connectivity index (χ0) is 18.1. The van der Waals surface area contributed by atoms with Gasteiger partial charge in [-0.15, -0.1) is 0 Å². The predicted molar refractivity (Wildman–Crippen MR) is 101 cm³/mol. The van der Waals surface area contributed by atoms with Crippen LogP contribution in [0.1, 0.15) is 17.7 Å². The maximum absolute atomic E-state index is 12.0.